The molecule has 0 saturated carbocycles. The molecule has 0 amide bonds. The Kier molecular flexibility index (Phi) is 6.59. The van der Waals surface area contributed by atoms with Crippen molar-refractivity contribution in [2.75, 3.05) is 11.4 Å². The molecule has 1 nitrogen and oxygen atoms in total. The van der Waals surface area contributed by atoms with E-state index in [9.17, 15) is 0 Å². The zero-order valence-corrected chi connectivity index (χ0v) is 14.0. The van der Waals surface area contributed by atoms with Crippen molar-refractivity contribution in [2.45, 2.75) is 39.7 Å². The van der Waals surface area contributed by atoms with E-state index in [-0.39, 0.29) is 24.3 Å². The van der Waals surface area contributed by atoms with Crippen LogP contribution in [-0.4, -0.2) is 6.54 Å². The third-order valence-electron chi connectivity index (χ3n) is 3.53. The molecule has 21 heavy (non-hydrogen) atoms. The number of nitrogens with zero attached hydrogens (tertiary/aromatic N) is 1. The zero-order chi connectivity index (χ0) is 14.6. The van der Waals surface area contributed by atoms with Crippen LogP contribution in [0, 0.1) is 6.07 Å². The second-order valence-corrected chi connectivity index (χ2v) is 6.20. The van der Waals surface area contributed by atoms with Crippen molar-refractivity contribution in [3.05, 3.63) is 65.7 Å². The van der Waals surface area contributed by atoms with Gasteiger partial charge in [0.15, 0.2) is 0 Å². The molecule has 2 aromatic carbocycles. The van der Waals surface area contributed by atoms with Gasteiger partial charge in [0.1, 0.15) is 0 Å². The van der Waals surface area contributed by atoms with Gasteiger partial charge in [-0.2, -0.15) is 23.8 Å². The summed E-state index contributed by atoms with van der Waals surface area (Å²) in [6.45, 7) is 10.8. The summed E-state index contributed by atoms with van der Waals surface area (Å²) in [5.41, 5.74) is 3.93. The average Bonchev–Trinajstić information content (AvgIpc) is 2.45. The molecule has 2 rings (SSSR count). The van der Waals surface area contributed by atoms with E-state index in [2.05, 4.69) is 87.2 Å². The summed E-state index contributed by atoms with van der Waals surface area (Å²) in [6, 6.07) is 20.6. The molecule has 0 aromatic heterocycles. The topological polar surface area (TPSA) is 3.24 Å². The van der Waals surface area contributed by atoms with Crippen LogP contribution in [0.3, 0.4) is 0 Å². The van der Waals surface area contributed by atoms with Crippen LogP contribution in [-0.2, 0) is 12.0 Å². The molecule has 2 heteroatoms. The second kappa shape index (κ2) is 7.73. The largest absolute Gasteiger partial charge is 1.00 e. The first kappa shape index (κ1) is 17.9. The van der Waals surface area contributed by atoms with E-state index in [0.29, 0.717) is 0 Å². The van der Waals surface area contributed by atoms with Crippen LogP contribution in [0.15, 0.2) is 48.5 Å². The molecule has 0 fully saturated rings. The molecular formula is C19H24LiN. The molecule has 0 radical (unpaired) electrons. The van der Waals surface area contributed by atoms with Gasteiger partial charge in [-0.25, -0.2) is 0 Å². The van der Waals surface area contributed by atoms with Gasteiger partial charge in [-0.1, -0.05) is 56.8 Å². The van der Waals surface area contributed by atoms with E-state index in [1.165, 1.54) is 16.8 Å². The molecule has 0 aliphatic rings. The molecular weight excluding hydrogens is 249 g/mol. The van der Waals surface area contributed by atoms with Crippen LogP contribution in [0.5, 0.6) is 0 Å². The monoisotopic (exact) mass is 273 g/mol. The van der Waals surface area contributed by atoms with E-state index in [1.54, 1.807) is 0 Å². The third kappa shape index (κ3) is 4.95. The van der Waals surface area contributed by atoms with Gasteiger partial charge in [-0.3, -0.25) is 0 Å². The third-order valence-corrected chi connectivity index (χ3v) is 3.53. The van der Waals surface area contributed by atoms with Crippen LogP contribution >= 0.6 is 0 Å². The molecule has 0 atom stereocenters. The first-order chi connectivity index (χ1) is 9.50. The first-order valence-corrected chi connectivity index (χ1v) is 7.32. The zero-order valence-electron chi connectivity index (χ0n) is 14.0. The Morgan fingerprint density at radius 3 is 2.19 bits per heavy atom. The fourth-order valence-corrected chi connectivity index (χ4v) is 2.25. The van der Waals surface area contributed by atoms with E-state index >= 15 is 0 Å². The fraction of sp³-hybridized carbons (Fsp3) is 0.368. The quantitative estimate of drug-likeness (QED) is 0.607. The fourth-order valence-electron chi connectivity index (χ4n) is 2.25. The smallest absolute Gasteiger partial charge is 0.390 e. The van der Waals surface area contributed by atoms with Crippen LogP contribution in [0.2, 0.25) is 0 Å². The summed E-state index contributed by atoms with van der Waals surface area (Å²) in [6.07, 6.45) is 0. The van der Waals surface area contributed by atoms with Crippen molar-refractivity contribution in [3.8, 4) is 0 Å². The minimum absolute atomic E-state index is 0. The SMILES string of the molecule is CCN(Cc1ccccc1)c1[c-]c(C(C)(C)C)ccc1.[Li+]. The number of rotatable bonds is 4. The van der Waals surface area contributed by atoms with E-state index in [0.717, 1.165) is 13.1 Å². The maximum absolute atomic E-state index is 3.58. The van der Waals surface area contributed by atoms with E-state index < -0.39 is 0 Å². The molecule has 0 saturated heterocycles. The van der Waals surface area contributed by atoms with Gasteiger partial charge in [-0.15, -0.1) is 6.07 Å². The van der Waals surface area contributed by atoms with Crippen molar-refractivity contribution in [3.63, 3.8) is 0 Å². The normalized spacial score (nSPS) is 10.9. The number of hydrogen-bond acceptors (Lipinski definition) is 1. The van der Waals surface area contributed by atoms with Gasteiger partial charge in [0.05, 0.1) is 0 Å². The second-order valence-electron chi connectivity index (χ2n) is 6.20. The van der Waals surface area contributed by atoms with Crippen LogP contribution in [0.4, 0.5) is 5.69 Å². The Hall–Kier alpha value is -1.16. The molecule has 0 spiro atoms. The predicted molar refractivity (Wildman–Crippen MR) is 87.1 cm³/mol. The maximum Gasteiger partial charge on any atom is 1.00 e. The number of benzene rings is 2. The van der Waals surface area contributed by atoms with Crippen LogP contribution in [0.25, 0.3) is 0 Å². The maximum atomic E-state index is 3.58. The van der Waals surface area contributed by atoms with Gasteiger partial charge >= 0.3 is 18.9 Å². The standard InChI is InChI=1S/C19H24N.Li/c1-5-20(15-16-10-7-6-8-11-16)18-13-9-12-17(14-18)19(2,3)4;/h6-13H,5,15H2,1-4H3;/q-1;+1. The first-order valence-electron chi connectivity index (χ1n) is 7.32. The minimum atomic E-state index is 0. The average molecular weight is 273 g/mol. The Balaban J connectivity index is 0.00000220. The van der Waals surface area contributed by atoms with Crippen LogP contribution < -0.4 is 23.8 Å². The predicted octanol–water partition coefficient (Wildman–Crippen LogP) is 1.81. The molecule has 0 aliphatic carbocycles. The summed E-state index contributed by atoms with van der Waals surface area (Å²) >= 11 is 0. The summed E-state index contributed by atoms with van der Waals surface area (Å²) in [5.74, 6) is 0. The molecule has 0 N–H and O–H groups in total. The van der Waals surface area contributed by atoms with Crippen molar-refractivity contribution in [2.24, 2.45) is 0 Å². The van der Waals surface area contributed by atoms with Gasteiger partial charge < -0.3 is 4.90 Å². The van der Waals surface area contributed by atoms with Gasteiger partial charge in [-0.05, 0) is 17.9 Å². The van der Waals surface area contributed by atoms with Gasteiger partial charge in [0.25, 0.3) is 0 Å². The Bertz CT molecular complexity index is 543. The molecule has 0 unspecified atom stereocenters. The molecule has 2 aromatic rings. The number of hydrogen-bond donors (Lipinski definition) is 0. The Morgan fingerprint density at radius 2 is 1.62 bits per heavy atom. The number of anilines is 1. The van der Waals surface area contributed by atoms with Crippen molar-refractivity contribution >= 4 is 5.69 Å². The Morgan fingerprint density at radius 1 is 0.952 bits per heavy atom. The summed E-state index contributed by atoms with van der Waals surface area (Å²) in [5, 5.41) is 0. The van der Waals surface area contributed by atoms with E-state index in [1.807, 2.05) is 0 Å². The summed E-state index contributed by atoms with van der Waals surface area (Å²) < 4.78 is 0. The molecule has 0 heterocycles. The summed E-state index contributed by atoms with van der Waals surface area (Å²) in [4.78, 5) is 2.37. The van der Waals surface area contributed by atoms with Gasteiger partial charge in [0, 0.05) is 13.1 Å². The molecule has 0 bridgehead atoms. The molecule has 0 aliphatic heterocycles. The van der Waals surface area contributed by atoms with Crippen molar-refractivity contribution in [1.82, 2.24) is 0 Å². The van der Waals surface area contributed by atoms with E-state index in [4.69, 9.17) is 0 Å². The minimum Gasteiger partial charge on any atom is -0.390 e. The van der Waals surface area contributed by atoms with Crippen molar-refractivity contribution in [1.29, 1.82) is 0 Å². The molecule has 106 valence electrons. The van der Waals surface area contributed by atoms with Crippen molar-refractivity contribution < 1.29 is 18.9 Å². The van der Waals surface area contributed by atoms with Crippen LogP contribution in [0.1, 0.15) is 38.8 Å². The Labute approximate surface area is 141 Å². The van der Waals surface area contributed by atoms with Gasteiger partial charge in [0.2, 0.25) is 0 Å². The summed E-state index contributed by atoms with van der Waals surface area (Å²) in [7, 11) is 0.